The summed E-state index contributed by atoms with van der Waals surface area (Å²) >= 11 is 0. The molecular weight excluding hydrogens is 214 g/mol. The zero-order valence-electron chi connectivity index (χ0n) is 9.63. The highest BCUT2D eigenvalue weighted by Gasteiger charge is 2.27. The molecule has 0 atom stereocenters. The Morgan fingerprint density at radius 3 is 2.44 bits per heavy atom. The number of rotatable bonds is 4. The Kier molecular flexibility index (Phi) is 3.86. The van der Waals surface area contributed by atoms with Gasteiger partial charge < -0.3 is 9.84 Å². The molecule has 1 aromatic rings. The molecule has 2 nitrogen and oxygen atoms in total. The van der Waals surface area contributed by atoms with Crippen LogP contribution >= 0.6 is 0 Å². The van der Waals surface area contributed by atoms with Crippen LogP contribution in [0, 0.1) is 0 Å². The zero-order chi connectivity index (χ0) is 12.3. The number of hydrogen-bond acceptors (Lipinski definition) is 2. The molecule has 0 aliphatic carbocycles. The first kappa shape index (κ1) is 12.9. The fraction of sp³-hybridized carbons (Fsp3) is 0.500. The second kappa shape index (κ2) is 4.78. The Labute approximate surface area is 93.9 Å². The van der Waals surface area contributed by atoms with Crippen LogP contribution in [0.5, 0.6) is 5.75 Å². The number of para-hydroxylation sites is 1. The van der Waals surface area contributed by atoms with Crippen molar-refractivity contribution in [2.45, 2.75) is 25.7 Å². The van der Waals surface area contributed by atoms with Crippen LogP contribution in [0.4, 0.5) is 8.78 Å². The lowest BCUT2D eigenvalue weighted by atomic mass is 9.84. The van der Waals surface area contributed by atoms with Crippen LogP contribution < -0.4 is 4.74 Å². The van der Waals surface area contributed by atoms with E-state index in [1.165, 1.54) is 13.2 Å². The Balaban J connectivity index is 3.35. The Morgan fingerprint density at radius 2 is 2.00 bits per heavy atom. The van der Waals surface area contributed by atoms with Crippen molar-refractivity contribution in [3.63, 3.8) is 0 Å². The largest absolute Gasteiger partial charge is 0.496 e. The van der Waals surface area contributed by atoms with E-state index in [-0.39, 0.29) is 17.9 Å². The molecular formula is C12H16F2O2. The average Bonchev–Trinajstić information content (AvgIpc) is 2.27. The topological polar surface area (TPSA) is 29.5 Å². The van der Waals surface area contributed by atoms with Crippen molar-refractivity contribution in [2.24, 2.45) is 0 Å². The normalized spacial score (nSPS) is 11.9. The maximum Gasteiger partial charge on any atom is 0.267 e. The number of halogens is 2. The van der Waals surface area contributed by atoms with Crippen molar-refractivity contribution in [2.75, 3.05) is 13.7 Å². The highest BCUT2D eigenvalue weighted by molar-refractivity contribution is 5.46. The predicted molar refractivity (Wildman–Crippen MR) is 58.1 cm³/mol. The van der Waals surface area contributed by atoms with E-state index in [0.717, 1.165) is 0 Å². The second-order valence-corrected chi connectivity index (χ2v) is 4.27. The lowest BCUT2D eigenvalue weighted by molar-refractivity contribution is 0.145. The third-order valence-electron chi connectivity index (χ3n) is 2.61. The summed E-state index contributed by atoms with van der Waals surface area (Å²) in [5, 5.41) is 9.25. The molecule has 4 heteroatoms. The van der Waals surface area contributed by atoms with Crippen molar-refractivity contribution >= 4 is 0 Å². The summed E-state index contributed by atoms with van der Waals surface area (Å²) in [6, 6.07) is 4.58. The molecule has 0 fully saturated rings. The number of methoxy groups -OCH3 is 1. The summed E-state index contributed by atoms with van der Waals surface area (Å²) < 4.78 is 30.5. The maximum absolute atomic E-state index is 12.7. The van der Waals surface area contributed by atoms with Crippen LogP contribution in [0.15, 0.2) is 18.2 Å². The number of aliphatic hydroxyl groups is 1. The molecule has 0 radical (unpaired) electrons. The molecule has 0 unspecified atom stereocenters. The molecule has 0 bridgehead atoms. The Bertz CT molecular complexity index is 362. The third-order valence-corrected chi connectivity index (χ3v) is 2.61. The Morgan fingerprint density at radius 1 is 1.38 bits per heavy atom. The van der Waals surface area contributed by atoms with Gasteiger partial charge in [0.2, 0.25) is 0 Å². The fourth-order valence-electron chi connectivity index (χ4n) is 1.57. The molecule has 1 aromatic carbocycles. The number of alkyl halides is 2. The molecule has 0 saturated heterocycles. The van der Waals surface area contributed by atoms with Crippen LogP contribution in [-0.4, -0.2) is 18.8 Å². The second-order valence-electron chi connectivity index (χ2n) is 4.27. The van der Waals surface area contributed by atoms with Crippen molar-refractivity contribution in [3.8, 4) is 5.75 Å². The summed E-state index contributed by atoms with van der Waals surface area (Å²) in [5.74, 6) is 0.163. The SMILES string of the molecule is COc1c(C(F)F)cccc1C(C)(C)CO. The molecule has 0 saturated carbocycles. The standard InChI is InChI=1S/C12H16F2O2/c1-12(2,7-15)9-6-4-5-8(11(13)14)10(9)16-3/h4-6,11,15H,7H2,1-3H3. The highest BCUT2D eigenvalue weighted by atomic mass is 19.3. The van der Waals surface area contributed by atoms with Gasteiger partial charge in [-0.05, 0) is 6.07 Å². The van der Waals surface area contributed by atoms with E-state index < -0.39 is 11.8 Å². The van der Waals surface area contributed by atoms with Crippen LogP contribution in [0.25, 0.3) is 0 Å². The summed E-state index contributed by atoms with van der Waals surface area (Å²) in [5.41, 5.74) is -0.146. The van der Waals surface area contributed by atoms with Crippen molar-refractivity contribution in [1.29, 1.82) is 0 Å². The molecule has 0 aliphatic rings. The molecule has 1 N–H and O–H groups in total. The van der Waals surface area contributed by atoms with Crippen molar-refractivity contribution in [1.82, 2.24) is 0 Å². The maximum atomic E-state index is 12.7. The number of aliphatic hydroxyl groups excluding tert-OH is 1. The van der Waals surface area contributed by atoms with E-state index in [0.29, 0.717) is 5.56 Å². The third kappa shape index (κ3) is 2.32. The van der Waals surface area contributed by atoms with Crippen LogP contribution in [0.1, 0.15) is 31.4 Å². The first-order chi connectivity index (χ1) is 7.44. The molecule has 1 rings (SSSR count). The van der Waals surface area contributed by atoms with Crippen molar-refractivity contribution in [3.05, 3.63) is 29.3 Å². The van der Waals surface area contributed by atoms with Gasteiger partial charge in [-0.1, -0.05) is 26.0 Å². The Hall–Kier alpha value is -1.16. The lowest BCUT2D eigenvalue weighted by Gasteiger charge is -2.25. The van der Waals surface area contributed by atoms with Gasteiger partial charge in [0.15, 0.2) is 0 Å². The number of ether oxygens (including phenoxy) is 1. The minimum absolute atomic E-state index is 0.129. The van der Waals surface area contributed by atoms with Gasteiger partial charge in [0.05, 0.1) is 19.3 Å². The van der Waals surface area contributed by atoms with Gasteiger partial charge in [0, 0.05) is 11.0 Å². The van der Waals surface area contributed by atoms with Gasteiger partial charge in [-0.3, -0.25) is 0 Å². The fourth-order valence-corrected chi connectivity index (χ4v) is 1.57. The molecule has 0 heterocycles. The van der Waals surface area contributed by atoms with Gasteiger partial charge >= 0.3 is 0 Å². The minimum atomic E-state index is -2.58. The van der Waals surface area contributed by atoms with Gasteiger partial charge in [0.1, 0.15) is 5.75 Å². The monoisotopic (exact) mass is 230 g/mol. The lowest BCUT2D eigenvalue weighted by Crippen LogP contribution is -2.23. The minimum Gasteiger partial charge on any atom is -0.496 e. The first-order valence-corrected chi connectivity index (χ1v) is 5.00. The van der Waals surface area contributed by atoms with E-state index in [2.05, 4.69) is 0 Å². The molecule has 0 spiro atoms. The summed E-state index contributed by atoms with van der Waals surface area (Å²) in [6.45, 7) is 3.43. The van der Waals surface area contributed by atoms with Crippen LogP contribution in [0.3, 0.4) is 0 Å². The van der Waals surface area contributed by atoms with Gasteiger partial charge in [-0.15, -0.1) is 0 Å². The summed E-state index contributed by atoms with van der Waals surface area (Å²) in [6.07, 6.45) is -2.58. The molecule has 0 aliphatic heterocycles. The van der Waals surface area contributed by atoms with E-state index >= 15 is 0 Å². The average molecular weight is 230 g/mol. The van der Waals surface area contributed by atoms with Crippen LogP contribution in [0.2, 0.25) is 0 Å². The van der Waals surface area contributed by atoms with Crippen LogP contribution in [-0.2, 0) is 5.41 Å². The van der Waals surface area contributed by atoms with Gasteiger partial charge in [-0.2, -0.15) is 0 Å². The van der Waals surface area contributed by atoms with E-state index in [1.54, 1.807) is 26.0 Å². The molecule has 0 amide bonds. The highest BCUT2D eigenvalue weighted by Crippen LogP contribution is 2.37. The predicted octanol–water partition coefficient (Wildman–Crippen LogP) is 2.90. The summed E-state index contributed by atoms with van der Waals surface area (Å²) in [4.78, 5) is 0. The zero-order valence-corrected chi connectivity index (χ0v) is 9.63. The van der Waals surface area contributed by atoms with E-state index in [1.807, 2.05) is 0 Å². The van der Waals surface area contributed by atoms with E-state index in [9.17, 15) is 13.9 Å². The number of benzene rings is 1. The van der Waals surface area contributed by atoms with Crippen molar-refractivity contribution < 1.29 is 18.6 Å². The molecule has 16 heavy (non-hydrogen) atoms. The summed E-state index contributed by atoms with van der Waals surface area (Å²) in [7, 11) is 1.36. The molecule has 0 aromatic heterocycles. The first-order valence-electron chi connectivity index (χ1n) is 5.00. The smallest absolute Gasteiger partial charge is 0.267 e. The molecule has 90 valence electrons. The quantitative estimate of drug-likeness (QED) is 0.861. The van der Waals surface area contributed by atoms with Gasteiger partial charge in [0.25, 0.3) is 6.43 Å². The van der Waals surface area contributed by atoms with Gasteiger partial charge in [-0.25, -0.2) is 8.78 Å². The number of hydrogen-bond donors (Lipinski definition) is 1. The van der Waals surface area contributed by atoms with E-state index in [4.69, 9.17) is 4.74 Å².